The number of nitrogens with two attached hydrogens (primary N) is 1. The fourth-order valence-electron chi connectivity index (χ4n) is 2.22. The highest BCUT2D eigenvalue weighted by atomic mass is 14.5. The van der Waals surface area contributed by atoms with Crippen molar-refractivity contribution in [1.29, 1.82) is 0 Å². The van der Waals surface area contributed by atoms with Gasteiger partial charge in [-0.25, -0.2) is 0 Å². The van der Waals surface area contributed by atoms with E-state index in [1.807, 2.05) is 12.1 Å². The van der Waals surface area contributed by atoms with Gasteiger partial charge in [0.1, 0.15) is 0 Å². The molecule has 2 rings (SSSR count). The van der Waals surface area contributed by atoms with E-state index in [2.05, 4.69) is 38.1 Å². The van der Waals surface area contributed by atoms with Crippen molar-refractivity contribution in [2.24, 2.45) is 0 Å². The second kappa shape index (κ2) is 3.93. The molecule has 0 saturated heterocycles. The summed E-state index contributed by atoms with van der Waals surface area (Å²) in [6, 6.07) is 8.20. The van der Waals surface area contributed by atoms with Crippen LogP contribution >= 0.6 is 0 Å². The van der Waals surface area contributed by atoms with Crippen molar-refractivity contribution >= 4 is 5.69 Å². The van der Waals surface area contributed by atoms with E-state index in [0.29, 0.717) is 5.92 Å². The fourth-order valence-corrected chi connectivity index (χ4v) is 2.22. The molecule has 0 aliphatic heterocycles. The van der Waals surface area contributed by atoms with Crippen LogP contribution in [0.15, 0.2) is 47.6 Å². The van der Waals surface area contributed by atoms with Crippen LogP contribution in [0.3, 0.4) is 0 Å². The second-order valence-corrected chi connectivity index (χ2v) is 4.38. The molecule has 1 unspecified atom stereocenters. The van der Waals surface area contributed by atoms with E-state index in [4.69, 9.17) is 5.73 Å². The Hall–Kier alpha value is -1.50. The molecule has 15 heavy (non-hydrogen) atoms. The Morgan fingerprint density at radius 3 is 2.73 bits per heavy atom. The lowest BCUT2D eigenvalue weighted by Crippen LogP contribution is -2.02. The van der Waals surface area contributed by atoms with Crippen molar-refractivity contribution in [3.63, 3.8) is 0 Å². The Labute approximate surface area is 91.3 Å². The Morgan fingerprint density at radius 1 is 1.27 bits per heavy atom. The lowest BCUT2D eigenvalue weighted by Gasteiger charge is -2.19. The zero-order chi connectivity index (χ0) is 10.8. The van der Waals surface area contributed by atoms with Gasteiger partial charge in [0.2, 0.25) is 0 Å². The minimum absolute atomic E-state index is 0.499. The van der Waals surface area contributed by atoms with Gasteiger partial charge in [0, 0.05) is 11.6 Å². The average Bonchev–Trinajstić information content (AvgIpc) is 2.16. The molecule has 78 valence electrons. The maximum absolute atomic E-state index is 5.80. The summed E-state index contributed by atoms with van der Waals surface area (Å²) < 4.78 is 0. The molecule has 0 saturated carbocycles. The Bertz CT molecular complexity index is 427. The van der Waals surface area contributed by atoms with Gasteiger partial charge in [0.25, 0.3) is 0 Å². The molecular formula is C14H17N. The smallest absolute Gasteiger partial charge is 0.0316 e. The first kappa shape index (κ1) is 10.0. The number of rotatable bonds is 1. The Kier molecular flexibility index (Phi) is 2.63. The molecule has 0 fully saturated rings. The van der Waals surface area contributed by atoms with E-state index in [9.17, 15) is 0 Å². The van der Waals surface area contributed by atoms with Crippen LogP contribution in [0.2, 0.25) is 0 Å². The van der Waals surface area contributed by atoms with Gasteiger partial charge in [0.15, 0.2) is 0 Å². The number of benzene rings is 1. The number of anilines is 1. The molecule has 1 nitrogen and oxygen atoms in total. The molecule has 0 heterocycles. The second-order valence-electron chi connectivity index (χ2n) is 4.38. The summed E-state index contributed by atoms with van der Waals surface area (Å²) in [6.07, 6.45) is 5.69. The summed E-state index contributed by atoms with van der Waals surface area (Å²) in [5.74, 6) is 0.499. The lowest BCUT2D eigenvalue weighted by atomic mass is 9.86. The summed E-state index contributed by atoms with van der Waals surface area (Å²) >= 11 is 0. The molecule has 2 N–H and O–H groups in total. The predicted molar refractivity (Wildman–Crippen MR) is 65.7 cm³/mol. The van der Waals surface area contributed by atoms with E-state index in [0.717, 1.165) is 12.1 Å². The van der Waals surface area contributed by atoms with Gasteiger partial charge >= 0.3 is 0 Å². The van der Waals surface area contributed by atoms with Gasteiger partial charge in [-0.05, 0) is 38.0 Å². The van der Waals surface area contributed by atoms with Crippen molar-refractivity contribution < 1.29 is 0 Å². The standard InChI is InChI=1S/C14H17N/c1-10-6-11(2)8-13(7-10)12-4-3-5-14(15)9-12/h3-7,9,13H,8,15H2,1-2H3. The third kappa shape index (κ3) is 2.30. The number of hydrogen-bond acceptors (Lipinski definition) is 1. The molecule has 0 amide bonds. The zero-order valence-electron chi connectivity index (χ0n) is 9.33. The van der Waals surface area contributed by atoms with Gasteiger partial charge in [-0.3, -0.25) is 0 Å². The number of allylic oxidation sites excluding steroid dienone is 4. The highest BCUT2D eigenvalue weighted by Gasteiger charge is 2.13. The molecular weight excluding hydrogens is 182 g/mol. The molecule has 1 aliphatic carbocycles. The average molecular weight is 199 g/mol. The van der Waals surface area contributed by atoms with Crippen molar-refractivity contribution in [3.05, 3.63) is 53.1 Å². The molecule has 1 aromatic carbocycles. The third-order valence-corrected chi connectivity index (χ3v) is 2.82. The van der Waals surface area contributed by atoms with Crippen LogP contribution in [0.4, 0.5) is 5.69 Å². The molecule has 1 aromatic rings. The molecule has 1 atom stereocenters. The molecule has 0 spiro atoms. The minimum atomic E-state index is 0.499. The summed E-state index contributed by atoms with van der Waals surface area (Å²) in [7, 11) is 0. The minimum Gasteiger partial charge on any atom is -0.399 e. The first-order valence-electron chi connectivity index (χ1n) is 5.36. The van der Waals surface area contributed by atoms with Gasteiger partial charge in [-0.15, -0.1) is 0 Å². The first-order chi connectivity index (χ1) is 7.15. The zero-order valence-corrected chi connectivity index (χ0v) is 9.33. The Balaban J connectivity index is 2.30. The summed E-state index contributed by atoms with van der Waals surface area (Å²) in [5, 5.41) is 0. The van der Waals surface area contributed by atoms with E-state index in [1.165, 1.54) is 16.7 Å². The SMILES string of the molecule is CC1=CC(c2cccc(N)c2)CC(C)=C1. The quantitative estimate of drug-likeness (QED) is 0.686. The predicted octanol–water partition coefficient (Wildman–Crippen LogP) is 3.65. The van der Waals surface area contributed by atoms with Gasteiger partial charge in [-0.1, -0.05) is 35.4 Å². The molecule has 0 radical (unpaired) electrons. The highest BCUT2D eigenvalue weighted by Crippen LogP contribution is 2.31. The molecule has 1 aliphatic rings. The molecule has 0 bridgehead atoms. The largest absolute Gasteiger partial charge is 0.399 e. The van der Waals surface area contributed by atoms with E-state index in [1.54, 1.807) is 0 Å². The maximum Gasteiger partial charge on any atom is 0.0316 e. The first-order valence-corrected chi connectivity index (χ1v) is 5.36. The summed E-state index contributed by atoms with van der Waals surface area (Å²) in [6.45, 7) is 4.34. The van der Waals surface area contributed by atoms with Crippen LogP contribution in [0.5, 0.6) is 0 Å². The van der Waals surface area contributed by atoms with Crippen LogP contribution < -0.4 is 5.73 Å². The maximum atomic E-state index is 5.80. The van der Waals surface area contributed by atoms with E-state index >= 15 is 0 Å². The van der Waals surface area contributed by atoms with Crippen LogP contribution in [-0.2, 0) is 0 Å². The molecule has 1 heteroatoms. The summed E-state index contributed by atoms with van der Waals surface area (Å²) in [4.78, 5) is 0. The normalized spacial score (nSPS) is 20.8. The van der Waals surface area contributed by atoms with Gasteiger partial charge < -0.3 is 5.73 Å². The van der Waals surface area contributed by atoms with Crippen molar-refractivity contribution in [1.82, 2.24) is 0 Å². The lowest BCUT2D eigenvalue weighted by molar-refractivity contribution is 0.804. The van der Waals surface area contributed by atoms with Crippen molar-refractivity contribution in [3.8, 4) is 0 Å². The van der Waals surface area contributed by atoms with E-state index in [-0.39, 0.29) is 0 Å². The van der Waals surface area contributed by atoms with Crippen LogP contribution in [0.1, 0.15) is 31.7 Å². The van der Waals surface area contributed by atoms with Crippen LogP contribution in [-0.4, -0.2) is 0 Å². The summed E-state index contributed by atoms with van der Waals surface area (Å²) in [5.41, 5.74) is 10.8. The fraction of sp³-hybridized carbons (Fsp3) is 0.286. The van der Waals surface area contributed by atoms with Gasteiger partial charge in [-0.2, -0.15) is 0 Å². The third-order valence-electron chi connectivity index (χ3n) is 2.82. The van der Waals surface area contributed by atoms with Crippen molar-refractivity contribution in [2.75, 3.05) is 5.73 Å². The van der Waals surface area contributed by atoms with Crippen molar-refractivity contribution in [2.45, 2.75) is 26.2 Å². The number of hydrogen-bond donors (Lipinski definition) is 1. The topological polar surface area (TPSA) is 26.0 Å². The molecule has 0 aromatic heterocycles. The number of nitrogen functional groups attached to an aromatic ring is 1. The monoisotopic (exact) mass is 199 g/mol. The Morgan fingerprint density at radius 2 is 2.07 bits per heavy atom. The van der Waals surface area contributed by atoms with Crippen LogP contribution in [0, 0.1) is 0 Å². The van der Waals surface area contributed by atoms with E-state index < -0.39 is 0 Å². The van der Waals surface area contributed by atoms with Crippen LogP contribution in [0.25, 0.3) is 0 Å². The highest BCUT2D eigenvalue weighted by molar-refractivity contribution is 5.44. The van der Waals surface area contributed by atoms with Gasteiger partial charge in [0.05, 0.1) is 0 Å².